The third kappa shape index (κ3) is 3.42. The number of para-hydroxylation sites is 1. The van der Waals surface area contributed by atoms with Crippen molar-refractivity contribution in [3.8, 4) is 22.8 Å². The number of carboxylic acids is 1. The Morgan fingerprint density at radius 3 is 2.44 bits per heavy atom. The molecular weight excluding hydrogens is 338 g/mol. The minimum atomic E-state index is -0.861. The van der Waals surface area contributed by atoms with Crippen LogP contribution in [0.2, 0.25) is 0 Å². The second-order valence-electron chi connectivity index (χ2n) is 6.49. The van der Waals surface area contributed by atoms with Crippen molar-refractivity contribution < 1.29 is 14.6 Å². The number of carboxylic acid groups (broad SMARTS) is 1. The molecule has 27 heavy (non-hydrogen) atoms. The molecule has 0 atom stereocenters. The maximum Gasteiger partial charge on any atom is 0.307 e. The minimum absolute atomic E-state index is 0.0571. The molecule has 4 rings (SSSR count). The highest BCUT2D eigenvalue weighted by atomic mass is 16.5. The van der Waals surface area contributed by atoms with Gasteiger partial charge in [-0.25, -0.2) is 0 Å². The molecule has 0 aliphatic rings. The molecule has 134 valence electrons. The number of fused-ring (bicyclic) bond motifs is 1. The second kappa shape index (κ2) is 7.00. The number of aromatic amines is 1. The molecule has 0 aliphatic carbocycles. The van der Waals surface area contributed by atoms with Crippen LogP contribution in [-0.2, 0) is 11.2 Å². The normalized spacial score (nSPS) is 10.9. The summed E-state index contributed by atoms with van der Waals surface area (Å²) in [5, 5.41) is 10.3. The number of hydrogen-bond donors (Lipinski definition) is 2. The maximum atomic E-state index is 11.5. The SMILES string of the molecule is Cc1ccccc1-c1[nH]c2ccc(Oc3ccccc3)cc2c1CC(=O)O. The summed E-state index contributed by atoms with van der Waals surface area (Å²) in [5.41, 5.74) is 4.62. The zero-order chi connectivity index (χ0) is 18.8. The highest BCUT2D eigenvalue weighted by molar-refractivity contribution is 5.95. The van der Waals surface area contributed by atoms with Crippen LogP contribution in [0.5, 0.6) is 11.5 Å². The van der Waals surface area contributed by atoms with Crippen LogP contribution in [0.4, 0.5) is 0 Å². The zero-order valence-corrected chi connectivity index (χ0v) is 14.9. The fourth-order valence-corrected chi connectivity index (χ4v) is 3.33. The van der Waals surface area contributed by atoms with Gasteiger partial charge in [-0.3, -0.25) is 4.79 Å². The van der Waals surface area contributed by atoms with Crippen LogP contribution < -0.4 is 4.74 Å². The van der Waals surface area contributed by atoms with Gasteiger partial charge in [-0.1, -0.05) is 42.5 Å². The van der Waals surface area contributed by atoms with E-state index in [1.54, 1.807) is 0 Å². The van der Waals surface area contributed by atoms with E-state index < -0.39 is 5.97 Å². The van der Waals surface area contributed by atoms with E-state index in [-0.39, 0.29) is 6.42 Å². The largest absolute Gasteiger partial charge is 0.481 e. The monoisotopic (exact) mass is 357 g/mol. The number of ether oxygens (including phenoxy) is 1. The average Bonchev–Trinajstić information content (AvgIpc) is 3.00. The van der Waals surface area contributed by atoms with E-state index in [4.69, 9.17) is 4.74 Å². The van der Waals surface area contributed by atoms with E-state index in [1.807, 2.05) is 79.7 Å². The topological polar surface area (TPSA) is 62.3 Å². The predicted octanol–water partition coefficient (Wildman–Crippen LogP) is 5.56. The van der Waals surface area contributed by atoms with Crippen molar-refractivity contribution in [2.24, 2.45) is 0 Å². The third-order valence-corrected chi connectivity index (χ3v) is 4.60. The molecule has 0 spiro atoms. The summed E-state index contributed by atoms with van der Waals surface area (Å²) in [6, 6.07) is 23.2. The molecule has 0 saturated carbocycles. The first-order valence-electron chi connectivity index (χ1n) is 8.77. The molecule has 0 unspecified atom stereocenters. The molecule has 3 aromatic carbocycles. The van der Waals surface area contributed by atoms with E-state index >= 15 is 0 Å². The molecule has 0 aliphatic heterocycles. The van der Waals surface area contributed by atoms with E-state index in [9.17, 15) is 9.90 Å². The molecule has 0 saturated heterocycles. The Morgan fingerprint density at radius 1 is 0.963 bits per heavy atom. The zero-order valence-electron chi connectivity index (χ0n) is 14.9. The number of rotatable bonds is 5. The van der Waals surface area contributed by atoms with Crippen molar-refractivity contribution >= 4 is 16.9 Å². The van der Waals surface area contributed by atoms with Crippen LogP contribution in [0.3, 0.4) is 0 Å². The van der Waals surface area contributed by atoms with Gasteiger partial charge < -0.3 is 14.8 Å². The molecule has 1 heterocycles. The molecular formula is C23H19NO3. The van der Waals surface area contributed by atoms with E-state index in [0.29, 0.717) is 5.75 Å². The number of aromatic nitrogens is 1. The number of hydrogen-bond acceptors (Lipinski definition) is 2. The number of aliphatic carboxylic acids is 1. The van der Waals surface area contributed by atoms with Gasteiger partial charge in [0, 0.05) is 16.5 Å². The number of carbonyl (C=O) groups is 1. The molecule has 0 bridgehead atoms. The first-order valence-corrected chi connectivity index (χ1v) is 8.77. The Balaban J connectivity index is 1.85. The van der Waals surface area contributed by atoms with Crippen molar-refractivity contribution in [2.45, 2.75) is 13.3 Å². The van der Waals surface area contributed by atoms with Gasteiger partial charge in [0.1, 0.15) is 11.5 Å². The van der Waals surface area contributed by atoms with Gasteiger partial charge in [-0.15, -0.1) is 0 Å². The predicted molar refractivity (Wildman–Crippen MR) is 106 cm³/mol. The Labute approximate surface area is 157 Å². The first-order chi connectivity index (χ1) is 13.1. The quantitative estimate of drug-likeness (QED) is 0.491. The average molecular weight is 357 g/mol. The Morgan fingerprint density at radius 2 is 1.70 bits per heavy atom. The summed E-state index contributed by atoms with van der Waals surface area (Å²) in [4.78, 5) is 14.9. The van der Waals surface area contributed by atoms with Crippen molar-refractivity contribution in [1.82, 2.24) is 4.98 Å². The van der Waals surface area contributed by atoms with Crippen LogP contribution >= 0.6 is 0 Å². The van der Waals surface area contributed by atoms with Crippen molar-refractivity contribution in [1.29, 1.82) is 0 Å². The third-order valence-electron chi connectivity index (χ3n) is 4.60. The molecule has 0 fully saturated rings. The van der Waals surface area contributed by atoms with Crippen LogP contribution in [0.15, 0.2) is 72.8 Å². The summed E-state index contributed by atoms with van der Waals surface area (Å²) < 4.78 is 5.92. The molecule has 1 aromatic heterocycles. The molecule has 2 N–H and O–H groups in total. The molecule has 0 amide bonds. The molecule has 0 radical (unpaired) electrons. The summed E-state index contributed by atoms with van der Waals surface area (Å²) in [5.74, 6) is 0.557. The molecule has 4 aromatic rings. The van der Waals surface area contributed by atoms with Gasteiger partial charge in [-0.2, -0.15) is 0 Å². The minimum Gasteiger partial charge on any atom is -0.481 e. The first kappa shape index (κ1) is 16.9. The number of aryl methyl sites for hydroxylation is 1. The van der Waals surface area contributed by atoms with Gasteiger partial charge in [0.15, 0.2) is 0 Å². The standard InChI is InChI=1S/C23H19NO3/c1-15-7-5-6-10-18(15)23-20(14-22(25)26)19-13-17(11-12-21(19)24-23)27-16-8-3-2-4-9-16/h2-13,24H,14H2,1H3,(H,25,26). The van der Waals surface area contributed by atoms with Gasteiger partial charge in [-0.05, 0) is 48.4 Å². The van der Waals surface area contributed by atoms with Crippen molar-refractivity contribution in [3.63, 3.8) is 0 Å². The lowest BCUT2D eigenvalue weighted by Gasteiger charge is -2.07. The fraction of sp³-hybridized carbons (Fsp3) is 0.0870. The van der Waals surface area contributed by atoms with Gasteiger partial charge in [0.25, 0.3) is 0 Å². The Bertz CT molecular complexity index is 1110. The summed E-state index contributed by atoms with van der Waals surface area (Å²) in [6.45, 7) is 2.02. The second-order valence-corrected chi connectivity index (χ2v) is 6.49. The van der Waals surface area contributed by atoms with Gasteiger partial charge in [0.2, 0.25) is 0 Å². The lowest BCUT2D eigenvalue weighted by Crippen LogP contribution is -2.01. The molecule has 4 nitrogen and oxygen atoms in total. The fourth-order valence-electron chi connectivity index (χ4n) is 3.33. The van der Waals surface area contributed by atoms with Crippen LogP contribution in [0.25, 0.3) is 22.2 Å². The number of benzene rings is 3. The van der Waals surface area contributed by atoms with E-state index in [0.717, 1.165) is 39.0 Å². The Hall–Kier alpha value is -3.53. The summed E-state index contributed by atoms with van der Waals surface area (Å²) >= 11 is 0. The van der Waals surface area contributed by atoms with E-state index in [1.165, 1.54) is 0 Å². The highest BCUT2D eigenvalue weighted by Gasteiger charge is 2.17. The highest BCUT2D eigenvalue weighted by Crippen LogP contribution is 2.35. The Kier molecular flexibility index (Phi) is 4.38. The summed E-state index contributed by atoms with van der Waals surface area (Å²) in [6.07, 6.45) is -0.0571. The van der Waals surface area contributed by atoms with Crippen molar-refractivity contribution in [2.75, 3.05) is 0 Å². The van der Waals surface area contributed by atoms with Crippen molar-refractivity contribution in [3.05, 3.63) is 83.9 Å². The number of nitrogens with one attached hydrogen (secondary N) is 1. The lowest BCUT2D eigenvalue weighted by atomic mass is 9.99. The molecule has 4 heteroatoms. The van der Waals surface area contributed by atoms with Gasteiger partial charge >= 0.3 is 5.97 Å². The van der Waals surface area contributed by atoms with Crippen LogP contribution in [0, 0.1) is 6.92 Å². The van der Waals surface area contributed by atoms with Crippen LogP contribution in [0.1, 0.15) is 11.1 Å². The van der Waals surface area contributed by atoms with Crippen LogP contribution in [-0.4, -0.2) is 16.1 Å². The summed E-state index contributed by atoms with van der Waals surface area (Å²) in [7, 11) is 0. The maximum absolute atomic E-state index is 11.5. The number of H-pyrrole nitrogens is 1. The van der Waals surface area contributed by atoms with Gasteiger partial charge in [0.05, 0.1) is 12.1 Å². The van der Waals surface area contributed by atoms with E-state index in [2.05, 4.69) is 4.98 Å². The lowest BCUT2D eigenvalue weighted by molar-refractivity contribution is -0.136. The smallest absolute Gasteiger partial charge is 0.307 e.